The van der Waals surface area contributed by atoms with E-state index < -0.39 is 39.9 Å². The average Bonchev–Trinajstić information content (AvgIpc) is 2.73. The lowest BCUT2D eigenvalue weighted by Crippen LogP contribution is -2.39. The van der Waals surface area contributed by atoms with Crippen LogP contribution in [0.3, 0.4) is 0 Å². The number of benzene rings is 3. The first-order chi connectivity index (χ1) is 15.2. The topological polar surface area (TPSA) is 78.8 Å². The van der Waals surface area contributed by atoms with Crippen molar-refractivity contribution < 1.29 is 26.4 Å². The fourth-order valence-corrected chi connectivity index (χ4v) is 4.67. The minimum Gasteiger partial charge on any atom is -0.322 e. The lowest BCUT2D eigenvalue weighted by molar-refractivity contribution is -0.116. The Balaban J connectivity index is 1.74. The second-order valence-corrected chi connectivity index (χ2v) is 8.97. The van der Waals surface area contributed by atoms with Crippen LogP contribution >= 0.6 is 11.6 Å². The molecule has 0 unspecified atom stereocenters. The van der Waals surface area contributed by atoms with E-state index in [1.54, 1.807) is 6.07 Å². The number of amides is 1. The highest BCUT2D eigenvalue weighted by atomic mass is 35.5. The van der Waals surface area contributed by atoms with Crippen LogP contribution in [0.5, 0.6) is 0 Å². The molecule has 0 bridgehead atoms. The molecular formula is C21H13ClF3N3O3S. The molecule has 0 saturated carbocycles. The minimum absolute atomic E-state index is 0.000837. The number of carbonyl (C=O) groups excluding carboxylic acids is 1. The molecule has 1 aliphatic heterocycles. The summed E-state index contributed by atoms with van der Waals surface area (Å²) >= 11 is 6.02. The second-order valence-electron chi connectivity index (χ2n) is 6.73. The SMILES string of the molecule is O=C(CN1N=C(c2ccccc2F)c2cc(Cl)ccc2S1(=O)=O)Nc1ccc(F)cc1F. The molecule has 0 radical (unpaired) electrons. The number of anilines is 1. The summed E-state index contributed by atoms with van der Waals surface area (Å²) < 4.78 is 68.0. The molecule has 0 fully saturated rings. The fourth-order valence-electron chi connectivity index (χ4n) is 3.12. The number of nitrogens with one attached hydrogen (secondary N) is 1. The summed E-state index contributed by atoms with van der Waals surface area (Å²) in [6, 6.07) is 12.0. The summed E-state index contributed by atoms with van der Waals surface area (Å²) in [4.78, 5) is 12.2. The fraction of sp³-hybridized carbons (Fsp3) is 0.0476. The van der Waals surface area contributed by atoms with Gasteiger partial charge in [0.05, 0.1) is 10.6 Å². The van der Waals surface area contributed by atoms with E-state index in [9.17, 15) is 26.4 Å². The summed E-state index contributed by atoms with van der Waals surface area (Å²) in [7, 11) is -4.31. The number of rotatable bonds is 4. The Bertz CT molecular complexity index is 1380. The number of hydrazone groups is 1. The molecule has 1 amide bonds. The summed E-state index contributed by atoms with van der Waals surface area (Å²) in [5.74, 6) is -3.47. The number of hydrogen-bond acceptors (Lipinski definition) is 4. The highest BCUT2D eigenvalue weighted by molar-refractivity contribution is 7.89. The molecule has 1 aliphatic rings. The molecule has 164 valence electrons. The standard InChI is InChI=1S/C21H13ClF3N3O3S/c22-12-5-8-19-15(9-12)21(14-3-1-2-4-16(14)24)27-28(32(19,30)31)11-20(29)26-18-7-6-13(23)10-17(18)25/h1-10H,11H2,(H,26,29). The van der Waals surface area contributed by atoms with Crippen LogP contribution in [-0.4, -0.2) is 31.0 Å². The zero-order valence-corrected chi connectivity index (χ0v) is 17.6. The monoisotopic (exact) mass is 479 g/mol. The lowest BCUT2D eigenvalue weighted by atomic mass is 10.0. The third-order valence-electron chi connectivity index (χ3n) is 4.58. The van der Waals surface area contributed by atoms with Crippen molar-refractivity contribution in [2.24, 2.45) is 5.10 Å². The van der Waals surface area contributed by atoms with Crippen LogP contribution in [0.2, 0.25) is 5.02 Å². The van der Waals surface area contributed by atoms with Gasteiger partial charge in [-0.2, -0.15) is 17.9 Å². The summed E-state index contributed by atoms with van der Waals surface area (Å²) in [6.45, 7) is -0.834. The van der Waals surface area contributed by atoms with Crippen LogP contribution in [0.1, 0.15) is 11.1 Å². The minimum atomic E-state index is -4.31. The summed E-state index contributed by atoms with van der Waals surface area (Å²) in [5, 5.41) is 6.39. The highest BCUT2D eigenvalue weighted by Crippen LogP contribution is 2.31. The highest BCUT2D eigenvalue weighted by Gasteiger charge is 2.35. The number of sulfonamides is 1. The Kier molecular flexibility index (Phi) is 5.66. The molecule has 6 nitrogen and oxygen atoms in total. The second kappa shape index (κ2) is 8.29. The van der Waals surface area contributed by atoms with Gasteiger partial charge in [-0.15, -0.1) is 0 Å². The Morgan fingerprint density at radius 2 is 1.72 bits per heavy atom. The first-order valence-electron chi connectivity index (χ1n) is 9.08. The van der Waals surface area contributed by atoms with Crippen LogP contribution in [-0.2, 0) is 14.8 Å². The van der Waals surface area contributed by atoms with Crippen LogP contribution in [0.15, 0.2) is 70.7 Å². The molecule has 0 spiro atoms. The molecule has 0 aromatic heterocycles. The van der Waals surface area contributed by atoms with Crippen molar-refractivity contribution in [1.29, 1.82) is 0 Å². The van der Waals surface area contributed by atoms with Crippen LogP contribution in [0.4, 0.5) is 18.9 Å². The molecule has 0 aliphatic carbocycles. The van der Waals surface area contributed by atoms with E-state index in [2.05, 4.69) is 10.4 Å². The van der Waals surface area contributed by atoms with Crippen molar-refractivity contribution in [2.75, 3.05) is 11.9 Å². The maximum absolute atomic E-state index is 14.5. The summed E-state index contributed by atoms with van der Waals surface area (Å²) in [5.41, 5.74) is -0.308. The zero-order chi connectivity index (χ0) is 23.0. The van der Waals surface area contributed by atoms with Crippen molar-refractivity contribution in [3.63, 3.8) is 0 Å². The lowest BCUT2D eigenvalue weighted by Gasteiger charge is -2.27. The molecule has 0 atom stereocenters. The zero-order valence-electron chi connectivity index (χ0n) is 16.0. The van der Waals surface area contributed by atoms with E-state index in [1.165, 1.54) is 36.4 Å². The van der Waals surface area contributed by atoms with Gasteiger partial charge >= 0.3 is 0 Å². The number of carbonyl (C=O) groups is 1. The van der Waals surface area contributed by atoms with Crippen molar-refractivity contribution >= 4 is 38.9 Å². The molecule has 32 heavy (non-hydrogen) atoms. The van der Waals surface area contributed by atoms with Gasteiger partial charge in [0.1, 0.15) is 29.7 Å². The van der Waals surface area contributed by atoms with Crippen LogP contribution in [0, 0.1) is 17.5 Å². The van der Waals surface area contributed by atoms with Gasteiger partial charge < -0.3 is 5.32 Å². The maximum Gasteiger partial charge on any atom is 0.280 e. The maximum atomic E-state index is 14.5. The van der Waals surface area contributed by atoms with E-state index in [4.69, 9.17) is 11.6 Å². The van der Waals surface area contributed by atoms with Gasteiger partial charge in [-0.3, -0.25) is 4.79 Å². The van der Waals surface area contributed by atoms with E-state index in [-0.39, 0.29) is 32.4 Å². The third-order valence-corrected chi connectivity index (χ3v) is 6.49. The molecule has 0 saturated heterocycles. The molecule has 11 heteroatoms. The molecular weight excluding hydrogens is 467 g/mol. The Hall–Kier alpha value is -3.37. The number of halogens is 4. The molecule has 3 aromatic carbocycles. The Morgan fingerprint density at radius 3 is 2.44 bits per heavy atom. The first kappa shape index (κ1) is 21.8. The van der Waals surface area contributed by atoms with Crippen molar-refractivity contribution in [2.45, 2.75) is 4.90 Å². The smallest absolute Gasteiger partial charge is 0.280 e. The van der Waals surface area contributed by atoms with Gasteiger partial charge in [-0.05, 0) is 42.5 Å². The van der Waals surface area contributed by atoms with Gasteiger partial charge in [-0.25, -0.2) is 13.2 Å². The van der Waals surface area contributed by atoms with Crippen LogP contribution in [0.25, 0.3) is 0 Å². The number of fused-ring (bicyclic) bond motifs is 1. The third kappa shape index (κ3) is 4.06. The number of hydrogen-bond donors (Lipinski definition) is 1. The first-order valence-corrected chi connectivity index (χ1v) is 10.9. The van der Waals surface area contributed by atoms with Gasteiger partial charge in [0.15, 0.2) is 0 Å². The predicted molar refractivity (Wildman–Crippen MR) is 112 cm³/mol. The van der Waals surface area contributed by atoms with E-state index >= 15 is 0 Å². The van der Waals surface area contributed by atoms with Crippen molar-refractivity contribution in [3.8, 4) is 0 Å². The normalized spacial score (nSPS) is 14.5. The largest absolute Gasteiger partial charge is 0.322 e. The molecule has 1 N–H and O–H groups in total. The quantitative estimate of drug-likeness (QED) is 0.610. The Labute approximate surface area is 186 Å². The predicted octanol–water partition coefficient (Wildman–Crippen LogP) is 4.15. The van der Waals surface area contributed by atoms with Gasteiger partial charge in [0.25, 0.3) is 10.0 Å². The average molecular weight is 480 g/mol. The molecule has 4 rings (SSSR count). The van der Waals surface area contributed by atoms with Gasteiger partial charge in [-0.1, -0.05) is 23.7 Å². The Morgan fingerprint density at radius 1 is 0.969 bits per heavy atom. The van der Waals surface area contributed by atoms with Crippen molar-refractivity contribution in [3.05, 3.63) is 94.3 Å². The van der Waals surface area contributed by atoms with E-state index in [1.807, 2.05) is 0 Å². The van der Waals surface area contributed by atoms with Crippen LogP contribution < -0.4 is 5.32 Å². The van der Waals surface area contributed by atoms with E-state index in [0.29, 0.717) is 10.5 Å². The molecule has 3 aromatic rings. The van der Waals surface area contributed by atoms with E-state index in [0.717, 1.165) is 12.1 Å². The summed E-state index contributed by atoms with van der Waals surface area (Å²) in [6.07, 6.45) is 0. The van der Waals surface area contributed by atoms with Crippen molar-refractivity contribution in [1.82, 2.24) is 4.41 Å². The van der Waals surface area contributed by atoms with Gasteiger partial charge in [0.2, 0.25) is 5.91 Å². The number of nitrogens with zero attached hydrogens (tertiary/aromatic N) is 2. The molecule has 1 heterocycles. The van der Waals surface area contributed by atoms with Gasteiger partial charge in [0, 0.05) is 22.2 Å².